The van der Waals surface area contributed by atoms with Crippen LogP contribution in [0.25, 0.3) is 5.57 Å². The van der Waals surface area contributed by atoms with Crippen LogP contribution < -0.4 is 10.1 Å². The molecule has 0 aliphatic carbocycles. The molecule has 0 spiro atoms. The number of ether oxygens (including phenoxy) is 1. The quantitative estimate of drug-likeness (QED) is 0.313. The molecule has 7 heteroatoms. The van der Waals surface area contributed by atoms with Gasteiger partial charge in [0.15, 0.2) is 0 Å². The standard InChI is InChI=1S/C26H26ClFN2O2S/c1-7-17(27)14-15(2)16(3)23-22(29-6)21(26(4,5)28)24(33-23)25(31)30-19-12-13-32-20-11-9-8-10-18(19)20/h7-11,14,19H,1-3,6,12-13H2,4-5H3,(H,30,31)/b17-14+/t19-/m0/s1. The van der Waals surface area contributed by atoms with E-state index in [1.807, 2.05) is 24.3 Å². The number of benzene rings is 1. The van der Waals surface area contributed by atoms with Crippen LogP contribution in [0.2, 0.25) is 0 Å². The summed E-state index contributed by atoms with van der Waals surface area (Å²) in [5.74, 6) is 0.340. The molecule has 1 atom stereocenters. The van der Waals surface area contributed by atoms with Crippen LogP contribution in [0.4, 0.5) is 10.1 Å². The molecule has 1 N–H and O–H groups in total. The molecular formula is C26H26ClFN2O2S. The van der Waals surface area contributed by atoms with Gasteiger partial charge in [0.1, 0.15) is 16.3 Å². The zero-order chi connectivity index (χ0) is 24.3. The number of para-hydroxylation sites is 1. The Hall–Kier alpha value is -2.96. The molecule has 1 aliphatic heterocycles. The van der Waals surface area contributed by atoms with Crippen molar-refractivity contribution in [2.24, 2.45) is 4.99 Å². The van der Waals surface area contributed by atoms with Crippen LogP contribution in [0.15, 0.2) is 71.8 Å². The topological polar surface area (TPSA) is 50.7 Å². The van der Waals surface area contributed by atoms with Crippen molar-refractivity contribution in [2.45, 2.75) is 32.0 Å². The fourth-order valence-corrected chi connectivity index (χ4v) is 5.11. The first-order chi connectivity index (χ1) is 15.6. The molecule has 2 heterocycles. The number of carbonyl (C=O) groups excluding carboxylic acids is 1. The van der Waals surface area contributed by atoms with E-state index in [0.29, 0.717) is 34.1 Å². The first kappa shape index (κ1) is 24.7. The number of allylic oxidation sites excluding steroid dienone is 5. The number of carbonyl (C=O) groups is 1. The molecule has 1 aromatic carbocycles. The second-order valence-corrected chi connectivity index (χ2v) is 9.51. The summed E-state index contributed by atoms with van der Waals surface area (Å²) >= 11 is 7.16. The number of nitrogens with zero attached hydrogens (tertiary/aromatic N) is 1. The molecule has 0 saturated heterocycles. The van der Waals surface area contributed by atoms with Crippen molar-refractivity contribution in [1.29, 1.82) is 0 Å². The zero-order valence-corrected chi connectivity index (χ0v) is 20.3. The second-order valence-electron chi connectivity index (χ2n) is 8.05. The number of rotatable bonds is 8. The van der Waals surface area contributed by atoms with Crippen LogP contribution >= 0.6 is 22.9 Å². The highest BCUT2D eigenvalue weighted by Crippen LogP contribution is 2.47. The molecule has 0 radical (unpaired) electrons. The summed E-state index contributed by atoms with van der Waals surface area (Å²) in [5.41, 5.74) is 0.464. The van der Waals surface area contributed by atoms with E-state index >= 15 is 4.39 Å². The van der Waals surface area contributed by atoms with Gasteiger partial charge >= 0.3 is 0 Å². The molecule has 0 saturated carbocycles. The fourth-order valence-electron chi connectivity index (χ4n) is 3.66. The van der Waals surface area contributed by atoms with Crippen LogP contribution in [0.3, 0.4) is 0 Å². The summed E-state index contributed by atoms with van der Waals surface area (Å²) in [5, 5.41) is 3.42. The number of hydrogen-bond acceptors (Lipinski definition) is 4. The number of alkyl halides is 1. The molecule has 0 bridgehead atoms. The first-order valence-electron chi connectivity index (χ1n) is 10.3. The van der Waals surface area contributed by atoms with Crippen LogP contribution in [0.5, 0.6) is 5.75 Å². The van der Waals surface area contributed by atoms with Crippen LogP contribution in [0, 0.1) is 0 Å². The maximum atomic E-state index is 15.4. The minimum atomic E-state index is -1.85. The summed E-state index contributed by atoms with van der Waals surface area (Å²) in [6.45, 7) is 18.6. The number of nitrogens with one attached hydrogen (secondary N) is 1. The largest absolute Gasteiger partial charge is 0.493 e. The van der Waals surface area contributed by atoms with Gasteiger partial charge in [0.25, 0.3) is 5.91 Å². The molecule has 1 amide bonds. The minimum Gasteiger partial charge on any atom is -0.493 e. The maximum Gasteiger partial charge on any atom is 0.262 e. The van der Waals surface area contributed by atoms with E-state index in [4.69, 9.17) is 16.3 Å². The number of amides is 1. The Morgan fingerprint density at radius 3 is 2.67 bits per heavy atom. The molecule has 33 heavy (non-hydrogen) atoms. The highest BCUT2D eigenvalue weighted by atomic mass is 35.5. The highest BCUT2D eigenvalue weighted by Gasteiger charge is 2.35. The van der Waals surface area contributed by atoms with Gasteiger partial charge in [-0.25, -0.2) is 4.39 Å². The van der Waals surface area contributed by atoms with Crippen molar-refractivity contribution in [3.8, 4) is 5.75 Å². The Morgan fingerprint density at radius 2 is 2.03 bits per heavy atom. The lowest BCUT2D eigenvalue weighted by Gasteiger charge is -2.27. The lowest BCUT2D eigenvalue weighted by molar-refractivity contribution is 0.0922. The lowest BCUT2D eigenvalue weighted by atomic mass is 9.95. The average Bonchev–Trinajstić information content (AvgIpc) is 3.19. The second kappa shape index (κ2) is 9.89. The van der Waals surface area contributed by atoms with Gasteiger partial charge in [0.05, 0.1) is 23.2 Å². The lowest BCUT2D eigenvalue weighted by Crippen LogP contribution is -2.32. The third kappa shape index (κ3) is 5.18. The summed E-state index contributed by atoms with van der Waals surface area (Å²) in [4.78, 5) is 18.2. The van der Waals surface area contributed by atoms with Crippen molar-refractivity contribution in [3.63, 3.8) is 0 Å². The number of aliphatic imine (C=N–C) groups is 1. The zero-order valence-electron chi connectivity index (χ0n) is 18.7. The van der Waals surface area contributed by atoms with Crippen molar-refractivity contribution >= 4 is 46.8 Å². The van der Waals surface area contributed by atoms with Crippen molar-refractivity contribution in [3.05, 3.63) is 87.6 Å². The predicted molar refractivity (Wildman–Crippen MR) is 137 cm³/mol. The minimum absolute atomic E-state index is 0.170. The van der Waals surface area contributed by atoms with Crippen LogP contribution in [0.1, 0.15) is 52.0 Å². The number of thiophene rings is 1. The van der Waals surface area contributed by atoms with E-state index in [1.165, 1.54) is 19.9 Å². The Morgan fingerprint density at radius 1 is 1.33 bits per heavy atom. The highest BCUT2D eigenvalue weighted by molar-refractivity contribution is 7.16. The van der Waals surface area contributed by atoms with E-state index in [-0.39, 0.29) is 22.2 Å². The van der Waals surface area contributed by atoms with Crippen LogP contribution in [-0.2, 0) is 5.67 Å². The first-order valence-corrected chi connectivity index (χ1v) is 11.5. The summed E-state index contributed by atoms with van der Waals surface area (Å²) in [6, 6.07) is 7.30. The normalized spacial score (nSPS) is 15.8. The fraction of sp³-hybridized carbons (Fsp3) is 0.231. The average molecular weight is 485 g/mol. The van der Waals surface area contributed by atoms with Gasteiger partial charge in [-0.05, 0) is 43.9 Å². The van der Waals surface area contributed by atoms with E-state index < -0.39 is 11.6 Å². The summed E-state index contributed by atoms with van der Waals surface area (Å²) < 4.78 is 21.1. The predicted octanol–water partition coefficient (Wildman–Crippen LogP) is 7.42. The van der Waals surface area contributed by atoms with Gasteiger partial charge in [-0.2, -0.15) is 0 Å². The van der Waals surface area contributed by atoms with Crippen molar-refractivity contribution in [2.75, 3.05) is 6.61 Å². The molecule has 172 valence electrons. The molecule has 1 aromatic heterocycles. The molecule has 2 aromatic rings. The summed E-state index contributed by atoms with van der Waals surface area (Å²) in [6.07, 6.45) is 3.68. The Bertz CT molecular complexity index is 1170. The van der Waals surface area contributed by atoms with Crippen molar-refractivity contribution < 1.29 is 13.9 Å². The van der Waals surface area contributed by atoms with Crippen LogP contribution in [-0.4, -0.2) is 19.2 Å². The molecule has 0 unspecified atom stereocenters. The summed E-state index contributed by atoms with van der Waals surface area (Å²) in [7, 11) is 0. The molecule has 1 aliphatic rings. The van der Waals surface area contributed by atoms with Gasteiger partial charge in [0.2, 0.25) is 0 Å². The Balaban J connectivity index is 2.04. The molecule has 0 fully saturated rings. The number of halogens is 2. The van der Waals surface area contributed by atoms with Gasteiger partial charge in [-0.3, -0.25) is 9.79 Å². The van der Waals surface area contributed by atoms with E-state index in [2.05, 4.69) is 36.8 Å². The van der Waals surface area contributed by atoms with E-state index in [1.54, 1.807) is 6.08 Å². The molecular weight excluding hydrogens is 459 g/mol. The Labute approximate surface area is 202 Å². The third-order valence-electron chi connectivity index (χ3n) is 5.27. The SMILES string of the molecule is C=C/C(Cl)=C\C(=C)C(=C)c1sc(C(=O)N[C@H]2CCOc3ccccc32)c(C(C)(C)F)c1N=C. The van der Waals surface area contributed by atoms with E-state index in [9.17, 15) is 4.79 Å². The smallest absolute Gasteiger partial charge is 0.262 e. The monoisotopic (exact) mass is 484 g/mol. The van der Waals surface area contributed by atoms with Gasteiger partial charge in [0, 0.05) is 22.6 Å². The number of fused-ring (bicyclic) bond motifs is 1. The number of hydrogen-bond donors (Lipinski definition) is 1. The third-order valence-corrected chi connectivity index (χ3v) is 6.78. The van der Waals surface area contributed by atoms with E-state index in [0.717, 1.165) is 22.6 Å². The maximum absolute atomic E-state index is 15.4. The van der Waals surface area contributed by atoms with Crippen molar-refractivity contribution in [1.82, 2.24) is 5.32 Å². The van der Waals surface area contributed by atoms with Gasteiger partial charge in [-0.15, -0.1) is 11.3 Å². The van der Waals surface area contributed by atoms with Gasteiger partial charge < -0.3 is 10.1 Å². The van der Waals surface area contributed by atoms with Gasteiger partial charge in [-0.1, -0.05) is 55.6 Å². The Kier molecular flexibility index (Phi) is 7.40. The molecule has 3 rings (SSSR count). The molecule has 4 nitrogen and oxygen atoms in total.